The van der Waals surface area contributed by atoms with Crippen molar-refractivity contribution in [2.75, 3.05) is 37.1 Å². The second-order valence-electron chi connectivity index (χ2n) is 9.39. The molecule has 3 aromatic rings. The number of H-pyrrole nitrogens is 1. The minimum atomic E-state index is -0.158. The number of amides is 1. The van der Waals surface area contributed by atoms with E-state index in [2.05, 4.69) is 59.3 Å². The molecule has 2 fully saturated rings. The van der Waals surface area contributed by atoms with Gasteiger partial charge < -0.3 is 19.5 Å². The Morgan fingerprint density at radius 2 is 1.90 bits per heavy atom. The smallest absolute Gasteiger partial charge is 0.238 e. The Kier molecular flexibility index (Phi) is 4.34. The normalized spacial score (nSPS) is 24.1. The third-order valence-corrected chi connectivity index (χ3v) is 7.45. The van der Waals surface area contributed by atoms with E-state index in [-0.39, 0.29) is 23.9 Å². The predicted molar refractivity (Wildman–Crippen MR) is 123 cm³/mol. The molecule has 1 amide bonds. The number of anilines is 1. The molecule has 2 atom stereocenters. The molecule has 3 aliphatic rings. The van der Waals surface area contributed by atoms with Crippen LogP contribution in [0, 0.1) is 5.41 Å². The van der Waals surface area contributed by atoms with E-state index in [0.29, 0.717) is 5.41 Å². The molecule has 2 saturated heterocycles. The topological polar surface area (TPSA) is 48.6 Å². The van der Waals surface area contributed by atoms with Gasteiger partial charge >= 0.3 is 0 Å². The quantitative estimate of drug-likeness (QED) is 0.630. The molecular weight excluding hydrogens is 410 g/mol. The van der Waals surface area contributed by atoms with Gasteiger partial charge in [0.15, 0.2) is 0 Å². The van der Waals surface area contributed by atoms with Crippen LogP contribution in [0.4, 0.5) is 5.69 Å². The van der Waals surface area contributed by atoms with Gasteiger partial charge in [0.05, 0.1) is 24.7 Å². The number of hydrogen-bond donors (Lipinski definition) is 1. The lowest BCUT2D eigenvalue weighted by Gasteiger charge is -2.56. The summed E-state index contributed by atoms with van der Waals surface area (Å²) < 4.78 is 5.40. The molecule has 0 radical (unpaired) electrons. The molecule has 2 aromatic carbocycles. The number of aromatic amines is 1. The first-order chi connectivity index (χ1) is 15.1. The number of nitrogens with zero attached hydrogens (tertiary/aromatic N) is 2. The van der Waals surface area contributed by atoms with Crippen LogP contribution in [0.3, 0.4) is 0 Å². The van der Waals surface area contributed by atoms with Gasteiger partial charge in [-0.1, -0.05) is 30.3 Å². The van der Waals surface area contributed by atoms with E-state index in [1.165, 1.54) is 16.6 Å². The number of carbonyl (C=O) groups excluding carboxylic acids is 1. The molecule has 0 aliphatic carbocycles. The zero-order valence-electron chi connectivity index (χ0n) is 17.6. The highest BCUT2D eigenvalue weighted by atomic mass is 35.5. The van der Waals surface area contributed by atoms with Crippen molar-refractivity contribution in [3.63, 3.8) is 0 Å². The van der Waals surface area contributed by atoms with Crippen molar-refractivity contribution in [1.82, 2.24) is 9.88 Å². The van der Waals surface area contributed by atoms with Crippen LogP contribution < -0.4 is 4.90 Å². The van der Waals surface area contributed by atoms with E-state index in [0.717, 1.165) is 49.5 Å². The highest BCUT2D eigenvalue weighted by Gasteiger charge is 2.49. The largest absolute Gasteiger partial charge is 0.380 e. The standard InChI is InChI=1S/C25H26ClN3O2/c1-16-10-20-19-4-2-3-5-21(19)27-23(20)24(29(16)22(30)11-26)17-6-8-18(9-7-17)28-12-25(13-28)14-31-15-25/h2-9,16,24,27H,10-15H2,1H3/t16-,24-/m0/s1. The van der Waals surface area contributed by atoms with Gasteiger partial charge in [-0.2, -0.15) is 0 Å². The van der Waals surface area contributed by atoms with E-state index in [9.17, 15) is 4.79 Å². The molecule has 1 spiro atoms. The van der Waals surface area contributed by atoms with Gasteiger partial charge in [0.25, 0.3) is 0 Å². The van der Waals surface area contributed by atoms with Crippen LogP contribution >= 0.6 is 11.6 Å². The summed E-state index contributed by atoms with van der Waals surface area (Å²) in [7, 11) is 0. The van der Waals surface area contributed by atoms with Gasteiger partial charge in [-0.15, -0.1) is 11.6 Å². The maximum atomic E-state index is 12.9. The summed E-state index contributed by atoms with van der Waals surface area (Å²) in [6, 6.07) is 17.0. The van der Waals surface area contributed by atoms with Crippen molar-refractivity contribution in [2.24, 2.45) is 5.41 Å². The summed E-state index contributed by atoms with van der Waals surface area (Å²) in [5.41, 5.74) is 6.28. The van der Waals surface area contributed by atoms with Crippen LogP contribution in [0.15, 0.2) is 48.5 Å². The third kappa shape index (κ3) is 2.90. The van der Waals surface area contributed by atoms with Gasteiger partial charge in [0, 0.05) is 41.4 Å². The van der Waals surface area contributed by atoms with Gasteiger partial charge in [-0.05, 0) is 42.7 Å². The van der Waals surface area contributed by atoms with E-state index < -0.39 is 0 Å². The number of halogens is 1. The molecular formula is C25H26ClN3O2. The fourth-order valence-corrected chi connectivity index (χ4v) is 5.77. The number of rotatable bonds is 3. The number of benzene rings is 2. The molecule has 5 nitrogen and oxygen atoms in total. The highest BCUT2D eigenvalue weighted by molar-refractivity contribution is 6.27. The van der Waals surface area contributed by atoms with Gasteiger partial charge in [0.2, 0.25) is 5.91 Å². The fourth-order valence-electron chi connectivity index (χ4n) is 5.63. The van der Waals surface area contributed by atoms with Crippen molar-refractivity contribution in [1.29, 1.82) is 0 Å². The first-order valence-electron chi connectivity index (χ1n) is 11.0. The minimum absolute atomic E-state index is 0.00752. The number of alkyl halides is 1. The van der Waals surface area contributed by atoms with Gasteiger partial charge in [0.1, 0.15) is 5.88 Å². The molecule has 6 rings (SSSR count). The van der Waals surface area contributed by atoms with Crippen LogP contribution in [0.2, 0.25) is 0 Å². The Morgan fingerprint density at radius 1 is 1.16 bits per heavy atom. The summed E-state index contributed by atoms with van der Waals surface area (Å²) in [6.07, 6.45) is 0.828. The van der Waals surface area contributed by atoms with E-state index >= 15 is 0 Å². The summed E-state index contributed by atoms with van der Waals surface area (Å²) in [6.45, 7) is 6.03. The second kappa shape index (κ2) is 7.01. The monoisotopic (exact) mass is 435 g/mol. The number of nitrogens with one attached hydrogen (secondary N) is 1. The maximum Gasteiger partial charge on any atom is 0.238 e. The van der Waals surface area contributed by atoms with Crippen molar-refractivity contribution in [2.45, 2.75) is 25.4 Å². The lowest BCUT2D eigenvalue weighted by molar-refractivity contribution is -0.133. The number of ether oxygens (including phenoxy) is 1. The highest BCUT2D eigenvalue weighted by Crippen LogP contribution is 2.43. The number of hydrogen-bond acceptors (Lipinski definition) is 3. The summed E-state index contributed by atoms with van der Waals surface area (Å²) in [4.78, 5) is 20.9. The molecule has 160 valence electrons. The molecule has 6 heteroatoms. The van der Waals surface area contributed by atoms with Crippen LogP contribution in [0.1, 0.15) is 29.8 Å². The SMILES string of the molecule is C[C@H]1Cc2c([nH]c3ccccc23)[C@H](c2ccc(N3CC4(COC4)C3)cc2)N1C(=O)CCl. The molecule has 1 N–H and O–H groups in total. The average Bonchev–Trinajstić information content (AvgIpc) is 3.09. The molecule has 0 saturated carbocycles. The Balaban J connectivity index is 1.38. The van der Waals surface area contributed by atoms with Crippen LogP contribution in [-0.2, 0) is 16.0 Å². The Morgan fingerprint density at radius 3 is 2.58 bits per heavy atom. The molecule has 3 aliphatic heterocycles. The molecule has 31 heavy (non-hydrogen) atoms. The third-order valence-electron chi connectivity index (χ3n) is 7.22. The van der Waals surface area contributed by atoms with Crippen molar-refractivity contribution < 1.29 is 9.53 Å². The molecule has 1 aromatic heterocycles. The van der Waals surface area contributed by atoms with E-state index in [1.807, 2.05) is 11.0 Å². The lowest BCUT2D eigenvalue weighted by Crippen LogP contribution is -2.66. The Labute approximate surface area is 186 Å². The van der Waals surface area contributed by atoms with E-state index in [4.69, 9.17) is 16.3 Å². The predicted octanol–water partition coefficient (Wildman–Crippen LogP) is 4.11. The van der Waals surface area contributed by atoms with Crippen LogP contribution in [-0.4, -0.2) is 54.0 Å². The second-order valence-corrected chi connectivity index (χ2v) is 9.66. The summed E-state index contributed by atoms with van der Waals surface area (Å²) in [5, 5.41) is 1.25. The van der Waals surface area contributed by atoms with Crippen molar-refractivity contribution in [3.8, 4) is 0 Å². The van der Waals surface area contributed by atoms with Gasteiger partial charge in [-0.3, -0.25) is 4.79 Å². The lowest BCUT2D eigenvalue weighted by atomic mass is 9.77. The average molecular weight is 436 g/mol. The first kappa shape index (κ1) is 19.2. The van der Waals surface area contributed by atoms with Crippen LogP contribution in [0.25, 0.3) is 10.9 Å². The summed E-state index contributed by atoms with van der Waals surface area (Å²) in [5.74, 6) is -0.0332. The van der Waals surface area contributed by atoms with Gasteiger partial charge in [-0.25, -0.2) is 0 Å². The van der Waals surface area contributed by atoms with Crippen molar-refractivity contribution in [3.05, 3.63) is 65.4 Å². The summed E-state index contributed by atoms with van der Waals surface area (Å²) >= 11 is 6.03. The Bertz CT molecular complexity index is 1140. The Hall–Kier alpha value is -2.50. The number of carbonyl (C=O) groups is 1. The minimum Gasteiger partial charge on any atom is -0.380 e. The molecule has 0 unspecified atom stereocenters. The molecule has 4 heterocycles. The fraction of sp³-hybridized carbons (Fsp3) is 0.400. The zero-order chi connectivity index (χ0) is 21.2. The number of aromatic nitrogens is 1. The number of para-hydroxylation sites is 1. The zero-order valence-corrected chi connectivity index (χ0v) is 18.4. The van der Waals surface area contributed by atoms with E-state index in [1.54, 1.807) is 0 Å². The molecule has 0 bridgehead atoms. The first-order valence-corrected chi connectivity index (χ1v) is 11.5. The van der Waals surface area contributed by atoms with Crippen LogP contribution in [0.5, 0.6) is 0 Å². The number of fused-ring (bicyclic) bond motifs is 3. The van der Waals surface area contributed by atoms with Crippen molar-refractivity contribution >= 4 is 34.1 Å². The maximum absolute atomic E-state index is 12.9.